The van der Waals surface area contributed by atoms with Crippen LogP contribution in [0.15, 0.2) is 39.5 Å². The minimum absolute atomic E-state index is 0.0786. The number of H-pyrrole nitrogens is 1. The minimum atomic E-state index is -0.573. The summed E-state index contributed by atoms with van der Waals surface area (Å²) in [5, 5.41) is 0.326. The number of aromatic amines is 1. The predicted molar refractivity (Wildman–Crippen MR) is 131 cm³/mol. The molecule has 0 unspecified atom stereocenters. The van der Waals surface area contributed by atoms with Gasteiger partial charge in [-0.15, -0.1) is 0 Å². The molecule has 1 fully saturated rings. The molecule has 2 aliphatic rings. The molecule has 0 spiro atoms. The Hall–Kier alpha value is -3.47. The van der Waals surface area contributed by atoms with E-state index in [-0.39, 0.29) is 45.8 Å². The molecule has 10 nitrogen and oxygen atoms in total. The van der Waals surface area contributed by atoms with Crippen LogP contribution in [0, 0.1) is 0 Å². The lowest BCUT2D eigenvalue weighted by atomic mass is 10.1. The summed E-state index contributed by atoms with van der Waals surface area (Å²) in [4.78, 5) is 69.1. The zero-order valence-electron chi connectivity index (χ0n) is 18.9. The van der Waals surface area contributed by atoms with Crippen molar-refractivity contribution < 1.29 is 23.6 Å². The second-order valence-electron chi connectivity index (χ2n) is 8.63. The number of carbonyl (C=O) groups excluding carboxylic acids is 4. The van der Waals surface area contributed by atoms with Gasteiger partial charge in [0, 0.05) is 44.7 Å². The molecule has 0 saturated carbocycles. The number of hydrogen-bond acceptors (Lipinski definition) is 7. The number of ketones is 1. The second-order valence-corrected chi connectivity index (χ2v) is 9.44. The Balaban J connectivity index is 1.12. The van der Waals surface area contributed by atoms with E-state index in [1.807, 2.05) is 0 Å². The van der Waals surface area contributed by atoms with Crippen molar-refractivity contribution in [2.45, 2.75) is 6.42 Å². The van der Waals surface area contributed by atoms with E-state index in [2.05, 4.69) is 9.88 Å². The maximum absolute atomic E-state index is 12.8. The molecule has 3 aromatic rings. The van der Waals surface area contributed by atoms with Gasteiger partial charge < -0.3 is 9.32 Å². The molecule has 1 N–H and O–H groups in total. The van der Waals surface area contributed by atoms with Gasteiger partial charge in [-0.25, -0.2) is 4.79 Å². The van der Waals surface area contributed by atoms with E-state index < -0.39 is 17.6 Å². The number of imide groups is 1. The van der Waals surface area contributed by atoms with Crippen LogP contribution in [-0.2, 0) is 4.79 Å². The Morgan fingerprint density at radius 1 is 0.917 bits per heavy atom. The zero-order valence-corrected chi connectivity index (χ0v) is 20.4. The Kier molecular flexibility index (Phi) is 6.42. The molecule has 12 heteroatoms. The Labute approximate surface area is 214 Å². The van der Waals surface area contributed by atoms with Gasteiger partial charge in [-0.05, 0) is 30.3 Å². The number of carbonyl (C=O) groups is 4. The smallest absolute Gasteiger partial charge is 0.408 e. The highest BCUT2D eigenvalue weighted by molar-refractivity contribution is 6.43. The monoisotopic (exact) mass is 530 g/mol. The third-order valence-electron chi connectivity index (χ3n) is 6.43. The molecule has 1 aromatic heterocycles. The summed E-state index contributed by atoms with van der Waals surface area (Å²) < 4.78 is 5.01. The fraction of sp³-hybridized carbons (Fsp3) is 0.292. The van der Waals surface area contributed by atoms with Gasteiger partial charge in [-0.3, -0.25) is 34.0 Å². The van der Waals surface area contributed by atoms with Crippen molar-refractivity contribution in [2.75, 3.05) is 39.3 Å². The lowest BCUT2D eigenvalue weighted by molar-refractivity contribution is -0.133. The lowest BCUT2D eigenvalue weighted by Crippen LogP contribution is -2.52. The summed E-state index contributed by atoms with van der Waals surface area (Å²) in [6.07, 6.45) is 0.272. The van der Waals surface area contributed by atoms with Gasteiger partial charge in [0.25, 0.3) is 11.8 Å². The van der Waals surface area contributed by atoms with Crippen LogP contribution in [0.4, 0.5) is 0 Å². The van der Waals surface area contributed by atoms with Crippen molar-refractivity contribution in [3.8, 4) is 0 Å². The Morgan fingerprint density at radius 3 is 2.19 bits per heavy atom. The largest absolute Gasteiger partial charge is 0.417 e. The lowest BCUT2D eigenvalue weighted by Gasteiger charge is -2.35. The van der Waals surface area contributed by atoms with Crippen molar-refractivity contribution in [3.63, 3.8) is 0 Å². The summed E-state index contributed by atoms with van der Waals surface area (Å²) in [5.41, 5.74) is 1.60. The van der Waals surface area contributed by atoms with Gasteiger partial charge >= 0.3 is 5.76 Å². The van der Waals surface area contributed by atoms with Gasteiger partial charge in [-0.1, -0.05) is 23.2 Å². The topological polar surface area (TPSA) is 124 Å². The molecule has 5 rings (SSSR count). The number of halogens is 2. The fourth-order valence-electron chi connectivity index (χ4n) is 4.41. The number of fused-ring (bicyclic) bond motifs is 2. The Morgan fingerprint density at radius 2 is 1.56 bits per heavy atom. The van der Waals surface area contributed by atoms with Crippen LogP contribution in [0.25, 0.3) is 11.1 Å². The van der Waals surface area contributed by atoms with Crippen LogP contribution in [0.5, 0.6) is 0 Å². The highest BCUT2D eigenvalue weighted by Gasteiger charge is 2.38. The quantitative estimate of drug-likeness (QED) is 0.383. The van der Waals surface area contributed by atoms with Gasteiger partial charge in [-0.2, -0.15) is 0 Å². The third-order valence-corrected chi connectivity index (χ3v) is 7.15. The van der Waals surface area contributed by atoms with Crippen LogP contribution in [0.3, 0.4) is 0 Å². The first-order chi connectivity index (χ1) is 17.2. The molecular formula is C24H20Cl2N4O6. The number of nitrogens with one attached hydrogen (secondary N) is 1. The average molecular weight is 531 g/mol. The number of hydrogen-bond donors (Lipinski definition) is 1. The number of amides is 3. The maximum Gasteiger partial charge on any atom is 0.417 e. The van der Waals surface area contributed by atoms with E-state index in [0.717, 1.165) is 4.90 Å². The molecular weight excluding hydrogens is 511 g/mol. The molecule has 3 amide bonds. The van der Waals surface area contributed by atoms with Crippen LogP contribution < -0.4 is 5.76 Å². The van der Waals surface area contributed by atoms with Crippen molar-refractivity contribution in [2.24, 2.45) is 0 Å². The average Bonchev–Trinajstić information content (AvgIpc) is 3.34. The van der Waals surface area contributed by atoms with Crippen molar-refractivity contribution in [1.82, 2.24) is 19.7 Å². The second kappa shape index (κ2) is 9.53. The highest BCUT2D eigenvalue weighted by Crippen LogP contribution is 2.31. The molecule has 3 heterocycles. The van der Waals surface area contributed by atoms with Crippen molar-refractivity contribution >= 4 is 57.8 Å². The fourth-order valence-corrected chi connectivity index (χ4v) is 4.73. The molecule has 1 saturated heterocycles. The predicted octanol–water partition coefficient (Wildman–Crippen LogP) is 2.44. The summed E-state index contributed by atoms with van der Waals surface area (Å²) in [5.74, 6) is -2.13. The number of Topliss-reactive ketones (excluding diaryl/α,β-unsaturated/α-hetero) is 1. The van der Waals surface area contributed by atoms with E-state index in [4.69, 9.17) is 27.6 Å². The molecule has 0 aliphatic carbocycles. The van der Waals surface area contributed by atoms with Crippen molar-refractivity contribution in [3.05, 3.63) is 67.6 Å². The molecule has 186 valence electrons. The van der Waals surface area contributed by atoms with E-state index in [1.165, 1.54) is 12.1 Å². The van der Waals surface area contributed by atoms with E-state index in [0.29, 0.717) is 49.4 Å². The number of nitrogens with zero attached hydrogens (tertiary/aromatic N) is 3. The van der Waals surface area contributed by atoms with Gasteiger partial charge in [0.05, 0.1) is 26.7 Å². The number of aromatic nitrogens is 1. The summed E-state index contributed by atoms with van der Waals surface area (Å²) in [7, 11) is 0. The molecule has 36 heavy (non-hydrogen) atoms. The van der Waals surface area contributed by atoms with E-state index in [1.54, 1.807) is 23.1 Å². The van der Waals surface area contributed by atoms with Crippen LogP contribution in [-0.4, -0.2) is 82.5 Å². The van der Waals surface area contributed by atoms with Gasteiger partial charge in [0.1, 0.15) is 6.54 Å². The number of oxazole rings is 1. The molecule has 2 aromatic carbocycles. The minimum Gasteiger partial charge on any atom is -0.408 e. The first-order valence-corrected chi connectivity index (χ1v) is 12.0. The summed E-state index contributed by atoms with van der Waals surface area (Å²) in [6.45, 7) is 2.08. The molecule has 2 aliphatic heterocycles. The number of rotatable bonds is 6. The van der Waals surface area contributed by atoms with Gasteiger partial charge in [0.15, 0.2) is 11.4 Å². The maximum atomic E-state index is 12.8. The first kappa shape index (κ1) is 24.2. The van der Waals surface area contributed by atoms with Crippen LogP contribution in [0.1, 0.15) is 37.5 Å². The molecule has 0 radical (unpaired) electrons. The van der Waals surface area contributed by atoms with Crippen molar-refractivity contribution in [1.29, 1.82) is 0 Å². The van der Waals surface area contributed by atoms with E-state index >= 15 is 0 Å². The summed E-state index contributed by atoms with van der Waals surface area (Å²) in [6, 6.07) is 7.52. The first-order valence-electron chi connectivity index (χ1n) is 11.2. The molecule has 0 bridgehead atoms. The Bertz CT molecular complexity index is 1430. The normalized spacial score (nSPS) is 16.2. The van der Waals surface area contributed by atoms with Crippen LogP contribution in [0.2, 0.25) is 10.0 Å². The van der Waals surface area contributed by atoms with E-state index in [9.17, 15) is 24.0 Å². The standard InChI is InChI=1S/C24H20Cl2N4O6/c25-16-10-14-15(11-17(16)26)23(34)30(22(14)33)12-21(32)29-7-5-28(6-8-29)4-3-19(31)13-1-2-18-20(9-13)36-24(35)27-18/h1-2,9-11H,3-8,12H2,(H,27,35). The SMILES string of the molecule is O=C(CCN1CCN(C(=O)CN2C(=O)c3cc(Cl)c(Cl)cc3C2=O)CC1)c1ccc2[nH]c(=O)oc2c1. The summed E-state index contributed by atoms with van der Waals surface area (Å²) >= 11 is 11.9. The number of piperazine rings is 1. The molecule has 0 atom stereocenters. The third kappa shape index (κ3) is 4.55. The number of benzene rings is 2. The zero-order chi connectivity index (χ0) is 25.6. The van der Waals surface area contributed by atoms with Gasteiger partial charge in [0.2, 0.25) is 5.91 Å². The van der Waals surface area contributed by atoms with Crippen LogP contribution >= 0.6 is 23.2 Å². The highest BCUT2D eigenvalue weighted by atomic mass is 35.5.